The number of ether oxygens (including phenoxy) is 1. The minimum atomic E-state index is -0.409. The summed E-state index contributed by atoms with van der Waals surface area (Å²) in [7, 11) is 3.10. The average Bonchev–Trinajstić information content (AvgIpc) is 2.61. The van der Waals surface area contributed by atoms with Gasteiger partial charge in [0.15, 0.2) is 0 Å². The van der Waals surface area contributed by atoms with Gasteiger partial charge in [0.05, 0.1) is 12.7 Å². The van der Waals surface area contributed by atoms with Crippen LogP contribution in [0.15, 0.2) is 48.5 Å². The molecule has 0 radical (unpaired) electrons. The minimum Gasteiger partial charge on any atom is -0.465 e. The number of nitrogens with zero attached hydrogens (tertiary/aromatic N) is 1. The summed E-state index contributed by atoms with van der Waals surface area (Å²) < 4.78 is 4.65. The molecule has 0 atom stereocenters. The molecule has 0 heterocycles. The highest BCUT2D eigenvalue weighted by molar-refractivity contribution is 5.96. The van der Waals surface area contributed by atoms with Crippen LogP contribution in [0, 0.1) is 0 Å². The largest absolute Gasteiger partial charge is 0.465 e. The van der Waals surface area contributed by atoms with E-state index < -0.39 is 5.97 Å². The molecule has 0 N–H and O–H groups in total. The highest BCUT2D eigenvalue weighted by atomic mass is 16.5. The molecular formula is C19H21NO3. The zero-order valence-electron chi connectivity index (χ0n) is 13.7. The Bertz CT molecular complexity index is 675. The standard InChI is InChI=1S/C19H21NO3/c1-4-14-5-7-15(8-6-14)13-20(2)18(21)16-9-11-17(12-10-16)19(22)23-3/h5-12H,4,13H2,1-3H3. The monoisotopic (exact) mass is 311 g/mol. The number of esters is 1. The number of hydrogen-bond donors (Lipinski definition) is 0. The SMILES string of the molecule is CCc1ccc(CN(C)C(=O)c2ccc(C(=O)OC)cc2)cc1. The fourth-order valence-corrected chi connectivity index (χ4v) is 2.31. The van der Waals surface area contributed by atoms with Crippen LogP contribution in [0.25, 0.3) is 0 Å². The molecule has 0 unspecified atom stereocenters. The third kappa shape index (κ3) is 4.19. The lowest BCUT2D eigenvalue weighted by atomic mass is 10.1. The van der Waals surface area contributed by atoms with Crippen molar-refractivity contribution in [1.29, 1.82) is 0 Å². The molecular weight excluding hydrogens is 290 g/mol. The van der Waals surface area contributed by atoms with Crippen LogP contribution in [0.2, 0.25) is 0 Å². The minimum absolute atomic E-state index is 0.0824. The summed E-state index contributed by atoms with van der Waals surface area (Å²) in [6, 6.07) is 14.7. The Kier molecular flexibility index (Phi) is 5.52. The lowest BCUT2D eigenvalue weighted by molar-refractivity contribution is 0.0600. The van der Waals surface area contributed by atoms with E-state index in [4.69, 9.17) is 0 Å². The summed E-state index contributed by atoms with van der Waals surface area (Å²) >= 11 is 0. The topological polar surface area (TPSA) is 46.6 Å². The molecule has 4 heteroatoms. The number of aryl methyl sites for hydroxylation is 1. The van der Waals surface area contributed by atoms with Gasteiger partial charge in [-0.1, -0.05) is 31.2 Å². The Hall–Kier alpha value is -2.62. The smallest absolute Gasteiger partial charge is 0.337 e. The molecule has 0 saturated heterocycles. The van der Waals surface area contributed by atoms with E-state index in [9.17, 15) is 9.59 Å². The zero-order valence-corrected chi connectivity index (χ0v) is 13.7. The van der Waals surface area contributed by atoms with Crippen molar-refractivity contribution in [2.24, 2.45) is 0 Å². The second-order valence-corrected chi connectivity index (χ2v) is 5.40. The Morgan fingerprint density at radius 2 is 1.43 bits per heavy atom. The quantitative estimate of drug-likeness (QED) is 0.796. The van der Waals surface area contributed by atoms with Gasteiger partial charge in [0.1, 0.15) is 0 Å². The Morgan fingerprint density at radius 1 is 0.913 bits per heavy atom. The Balaban J connectivity index is 2.05. The number of benzene rings is 2. The second-order valence-electron chi connectivity index (χ2n) is 5.40. The van der Waals surface area contributed by atoms with Crippen molar-refractivity contribution in [3.8, 4) is 0 Å². The molecule has 2 aromatic carbocycles. The van der Waals surface area contributed by atoms with Crippen LogP contribution in [-0.2, 0) is 17.7 Å². The van der Waals surface area contributed by atoms with E-state index >= 15 is 0 Å². The molecule has 120 valence electrons. The van der Waals surface area contributed by atoms with Crippen LogP contribution in [0.4, 0.5) is 0 Å². The van der Waals surface area contributed by atoms with Crippen molar-refractivity contribution >= 4 is 11.9 Å². The van der Waals surface area contributed by atoms with E-state index in [2.05, 4.69) is 23.8 Å². The van der Waals surface area contributed by atoms with Gasteiger partial charge in [0.25, 0.3) is 5.91 Å². The van der Waals surface area contributed by atoms with Crippen molar-refractivity contribution in [1.82, 2.24) is 4.90 Å². The molecule has 23 heavy (non-hydrogen) atoms. The van der Waals surface area contributed by atoms with E-state index in [-0.39, 0.29) is 5.91 Å². The van der Waals surface area contributed by atoms with Crippen LogP contribution >= 0.6 is 0 Å². The predicted octanol–water partition coefficient (Wildman–Crippen LogP) is 3.31. The maximum absolute atomic E-state index is 12.4. The third-order valence-corrected chi connectivity index (χ3v) is 3.75. The summed E-state index contributed by atoms with van der Waals surface area (Å²) in [5.41, 5.74) is 3.34. The fourth-order valence-electron chi connectivity index (χ4n) is 2.31. The van der Waals surface area contributed by atoms with Gasteiger partial charge < -0.3 is 9.64 Å². The zero-order chi connectivity index (χ0) is 16.8. The number of amides is 1. The first-order chi connectivity index (χ1) is 11.0. The molecule has 2 aromatic rings. The summed E-state index contributed by atoms with van der Waals surface area (Å²) in [5.74, 6) is -0.491. The van der Waals surface area contributed by atoms with Crippen LogP contribution in [0.1, 0.15) is 38.8 Å². The molecule has 0 saturated carbocycles. The normalized spacial score (nSPS) is 10.2. The summed E-state index contributed by atoms with van der Waals surface area (Å²) in [4.78, 5) is 25.5. The van der Waals surface area contributed by atoms with Gasteiger partial charge in [0.2, 0.25) is 0 Å². The van der Waals surface area contributed by atoms with Crippen LogP contribution in [0.5, 0.6) is 0 Å². The van der Waals surface area contributed by atoms with Gasteiger partial charge in [-0.2, -0.15) is 0 Å². The predicted molar refractivity (Wildman–Crippen MR) is 89.4 cm³/mol. The molecule has 0 fully saturated rings. The van der Waals surface area contributed by atoms with Crippen molar-refractivity contribution in [3.05, 3.63) is 70.8 Å². The van der Waals surface area contributed by atoms with Crippen molar-refractivity contribution in [2.75, 3.05) is 14.2 Å². The number of carbonyl (C=O) groups is 2. The van der Waals surface area contributed by atoms with Gasteiger partial charge >= 0.3 is 5.97 Å². The summed E-state index contributed by atoms with van der Waals surface area (Å²) in [5, 5.41) is 0. The molecule has 0 aliphatic rings. The van der Waals surface area contributed by atoms with Gasteiger partial charge in [-0.15, -0.1) is 0 Å². The van der Waals surface area contributed by atoms with Crippen LogP contribution < -0.4 is 0 Å². The summed E-state index contributed by atoms with van der Waals surface area (Å²) in [6.07, 6.45) is 1.00. The third-order valence-electron chi connectivity index (χ3n) is 3.75. The van der Waals surface area contributed by atoms with E-state index in [0.29, 0.717) is 17.7 Å². The number of rotatable bonds is 5. The second kappa shape index (κ2) is 7.58. The molecule has 0 aromatic heterocycles. The van der Waals surface area contributed by atoms with Crippen LogP contribution in [0.3, 0.4) is 0 Å². The molecule has 2 rings (SSSR count). The van der Waals surface area contributed by atoms with Crippen LogP contribution in [-0.4, -0.2) is 30.9 Å². The maximum Gasteiger partial charge on any atom is 0.337 e. The fraction of sp³-hybridized carbons (Fsp3) is 0.263. The van der Waals surface area contributed by atoms with E-state index in [0.717, 1.165) is 12.0 Å². The lowest BCUT2D eigenvalue weighted by Gasteiger charge is -2.17. The lowest BCUT2D eigenvalue weighted by Crippen LogP contribution is -2.26. The highest BCUT2D eigenvalue weighted by Crippen LogP contribution is 2.12. The summed E-state index contributed by atoms with van der Waals surface area (Å²) in [6.45, 7) is 2.66. The number of methoxy groups -OCH3 is 1. The first-order valence-corrected chi connectivity index (χ1v) is 7.56. The van der Waals surface area contributed by atoms with Crippen molar-refractivity contribution < 1.29 is 14.3 Å². The molecule has 0 spiro atoms. The maximum atomic E-state index is 12.4. The molecule has 0 bridgehead atoms. The van der Waals surface area contributed by atoms with Gasteiger partial charge in [-0.3, -0.25) is 4.79 Å². The first-order valence-electron chi connectivity index (χ1n) is 7.56. The average molecular weight is 311 g/mol. The molecule has 1 amide bonds. The van der Waals surface area contributed by atoms with E-state index in [1.165, 1.54) is 12.7 Å². The van der Waals surface area contributed by atoms with Gasteiger partial charge in [-0.05, 0) is 41.8 Å². The van der Waals surface area contributed by atoms with E-state index in [1.807, 2.05) is 12.1 Å². The van der Waals surface area contributed by atoms with Crippen molar-refractivity contribution in [3.63, 3.8) is 0 Å². The van der Waals surface area contributed by atoms with Gasteiger partial charge in [0, 0.05) is 19.2 Å². The molecule has 0 aliphatic heterocycles. The Morgan fingerprint density at radius 3 is 1.96 bits per heavy atom. The Labute approximate surface area is 136 Å². The first kappa shape index (κ1) is 16.7. The van der Waals surface area contributed by atoms with Crippen molar-refractivity contribution in [2.45, 2.75) is 19.9 Å². The highest BCUT2D eigenvalue weighted by Gasteiger charge is 2.13. The van der Waals surface area contributed by atoms with Gasteiger partial charge in [-0.25, -0.2) is 4.79 Å². The number of carbonyl (C=O) groups excluding carboxylic acids is 2. The van der Waals surface area contributed by atoms with E-state index in [1.54, 1.807) is 36.2 Å². The molecule has 0 aliphatic carbocycles. The number of hydrogen-bond acceptors (Lipinski definition) is 3. The molecule has 4 nitrogen and oxygen atoms in total.